The molecule has 0 spiro atoms. The Hall–Kier alpha value is -3.52. The first-order chi connectivity index (χ1) is 15.8. The molecule has 1 saturated heterocycles. The molecule has 2 heterocycles. The van der Waals surface area contributed by atoms with Crippen LogP contribution in [0.4, 0.5) is 14.5 Å². The van der Waals surface area contributed by atoms with Gasteiger partial charge in [0.05, 0.1) is 12.2 Å². The van der Waals surface area contributed by atoms with Crippen molar-refractivity contribution in [1.82, 2.24) is 0 Å². The van der Waals surface area contributed by atoms with Crippen molar-refractivity contribution >= 4 is 34.5 Å². The van der Waals surface area contributed by atoms with E-state index in [1.165, 1.54) is 17.4 Å². The number of halogens is 2. The Morgan fingerprint density at radius 2 is 1.91 bits per heavy atom. The van der Waals surface area contributed by atoms with Crippen molar-refractivity contribution in [2.45, 2.75) is 26.3 Å². The van der Waals surface area contributed by atoms with Crippen LogP contribution in [0.15, 0.2) is 59.5 Å². The Morgan fingerprint density at radius 1 is 1.12 bits per heavy atom. The maximum absolute atomic E-state index is 13.9. The maximum atomic E-state index is 13.9. The molecule has 5 nitrogen and oxygen atoms in total. The summed E-state index contributed by atoms with van der Waals surface area (Å²) in [6.07, 6.45) is 0.843. The van der Waals surface area contributed by atoms with E-state index in [2.05, 4.69) is 0 Å². The van der Waals surface area contributed by atoms with Crippen LogP contribution in [0.3, 0.4) is 0 Å². The van der Waals surface area contributed by atoms with E-state index in [-0.39, 0.29) is 17.0 Å². The van der Waals surface area contributed by atoms with E-state index in [0.717, 1.165) is 29.0 Å². The molecule has 33 heavy (non-hydrogen) atoms. The highest BCUT2D eigenvalue weighted by atomic mass is 32.1. The monoisotopic (exact) mass is 469 g/mol. The van der Waals surface area contributed by atoms with Crippen LogP contribution in [-0.2, 0) is 9.59 Å². The van der Waals surface area contributed by atoms with Crippen LogP contribution in [-0.4, -0.2) is 23.4 Å². The Balaban J connectivity index is 1.85. The molecule has 1 aliphatic rings. The number of aryl methyl sites for hydroxylation is 1. The molecule has 1 amide bonds. The lowest BCUT2D eigenvalue weighted by Gasteiger charge is -2.24. The summed E-state index contributed by atoms with van der Waals surface area (Å²) in [6.45, 7) is 4.36. The third kappa shape index (κ3) is 4.14. The molecule has 0 saturated carbocycles. The zero-order valence-corrected chi connectivity index (χ0v) is 18.8. The van der Waals surface area contributed by atoms with Crippen LogP contribution in [0, 0.1) is 18.6 Å². The van der Waals surface area contributed by atoms with Gasteiger partial charge in [-0.2, -0.15) is 0 Å². The fourth-order valence-corrected chi connectivity index (χ4v) is 4.60. The van der Waals surface area contributed by atoms with Crippen LogP contribution in [0.25, 0.3) is 5.76 Å². The van der Waals surface area contributed by atoms with Crippen molar-refractivity contribution in [3.63, 3.8) is 0 Å². The summed E-state index contributed by atoms with van der Waals surface area (Å²) >= 11 is 1.28. The molecular formula is C25H21F2NO4S. The van der Waals surface area contributed by atoms with Gasteiger partial charge in [0.25, 0.3) is 11.7 Å². The fourth-order valence-electron chi connectivity index (χ4n) is 3.78. The standard InChI is InChI=1S/C25H21F2NO4S/c1-3-10-32-19-9-6-15(12-14(19)2)23(29)21-22(20-5-4-11-33-20)28(25(31)24(21)30)16-7-8-17(26)18(27)13-16/h4-9,11-13,22,29H,3,10H2,1-2H3/b23-21-. The third-order valence-corrected chi connectivity index (χ3v) is 6.27. The highest BCUT2D eigenvalue weighted by Crippen LogP contribution is 2.44. The molecule has 1 atom stereocenters. The molecule has 0 bridgehead atoms. The summed E-state index contributed by atoms with van der Waals surface area (Å²) in [5, 5.41) is 12.9. The summed E-state index contributed by atoms with van der Waals surface area (Å²) in [7, 11) is 0. The normalized spacial score (nSPS) is 17.6. The minimum atomic E-state index is -1.14. The Bertz CT molecular complexity index is 1250. The van der Waals surface area contributed by atoms with Crippen LogP contribution < -0.4 is 9.64 Å². The Labute approximate surface area is 193 Å². The number of benzene rings is 2. The summed E-state index contributed by atoms with van der Waals surface area (Å²) in [5.74, 6) is -3.73. The van der Waals surface area contributed by atoms with E-state index in [4.69, 9.17) is 4.74 Å². The first kappa shape index (κ1) is 22.7. The van der Waals surface area contributed by atoms with Gasteiger partial charge in [-0.3, -0.25) is 14.5 Å². The highest BCUT2D eigenvalue weighted by Gasteiger charge is 2.47. The van der Waals surface area contributed by atoms with Gasteiger partial charge >= 0.3 is 0 Å². The zero-order valence-electron chi connectivity index (χ0n) is 18.0. The lowest BCUT2D eigenvalue weighted by molar-refractivity contribution is -0.132. The summed E-state index contributed by atoms with van der Waals surface area (Å²) < 4.78 is 33.1. The van der Waals surface area contributed by atoms with Gasteiger partial charge in [-0.15, -0.1) is 11.3 Å². The largest absolute Gasteiger partial charge is 0.507 e. The molecule has 8 heteroatoms. The van der Waals surface area contributed by atoms with Crippen molar-refractivity contribution in [3.05, 3.63) is 87.1 Å². The second-order valence-electron chi connectivity index (χ2n) is 7.61. The van der Waals surface area contributed by atoms with Crippen LogP contribution >= 0.6 is 11.3 Å². The van der Waals surface area contributed by atoms with Gasteiger partial charge in [0.15, 0.2) is 11.6 Å². The van der Waals surface area contributed by atoms with Gasteiger partial charge in [-0.1, -0.05) is 13.0 Å². The van der Waals surface area contributed by atoms with Gasteiger partial charge < -0.3 is 9.84 Å². The van der Waals surface area contributed by atoms with Crippen LogP contribution in [0.2, 0.25) is 0 Å². The van der Waals surface area contributed by atoms with Crippen molar-refractivity contribution in [3.8, 4) is 5.75 Å². The number of nitrogens with zero attached hydrogens (tertiary/aromatic N) is 1. The quantitative estimate of drug-likeness (QED) is 0.284. The number of anilines is 1. The number of ketones is 1. The fraction of sp³-hybridized carbons (Fsp3) is 0.200. The van der Waals surface area contributed by atoms with Gasteiger partial charge in [-0.05, 0) is 60.7 Å². The lowest BCUT2D eigenvalue weighted by Crippen LogP contribution is -2.29. The number of Topliss-reactive ketones (excluding diaryl/α,β-unsaturated/α-hetero) is 1. The van der Waals surface area contributed by atoms with Crippen LogP contribution in [0.5, 0.6) is 5.75 Å². The molecule has 4 rings (SSSR count). The molecule has 170 valence electrons. The summed E-state index contributed by atoms with van der Waals surface area (Å²) in [5.41, 5.74) is 1.01. The number of hydrogen-bond donors (Lipinski definition) is 1. The number of rotatable bonds is 6. The zero-order chi connectivity index (χ0) is 23.7. The van der Waals surface area contributed by atoms with E-state index < -0.39 is 29.4 Å². The summed E-state index contributed by atoms with van der Waals surface area (Å²) in [6, 6.07) is 10.5. The average Bonchev–Trinajstić information content (AvgIpc) is 3.41. The first-order valence-corrected chi connectivity index (χ1v) is 11.2. The van der Waals surface area contributed by atoms with E-state index in [9.17, 15) is 23.5 Å². The minimum Gasteiger partial charge on any atom is -0.507 e. The lowest BCUT2D eigenvalue weighted by atomic mass is 9.98. The predicted octanol–water partition coefficient (Wildman–Crippen LogP) is 5.75. The Morgan fingerprint density at radius 3 is 2.55 bits per heavy atom. The number of carbonyl (C=O) groups is 2. The van der Waals surface area contributed by atoms with Crippen LogP contribution in [0.1, 0.15) is 35.4 Å². The SMILES string of the molecule is CCCOc1ccc(/C(O)=C2/C(=O)C(=O)N(c3ccc(F)c(F)c3)C2c2cccs2)cc1C. The second-order valence-corrected chi connectivity index (χ2v) is 8.59. The van der Waals surface area contributed by atoms with Crippen molar-refractivity contribution < 1.29 is 28.2 Å². The first-order valence-electron chi connectivity index (χ1n) is 10.4. The topological polar surface area (TPSA) is 66.8 Å². The number of hydrogen-bond acceptors (Lipinski definition) is 5. The van der Waals surface area contributed by atoms with Gasteiger partial charge in [0, 0.05) is 22.2 Å². The predicted molar refractivity (Wildman–Crippen MR) is 122 cm³/mol. The maximum Gasteiger partial charge on any atom is 0.300 e. The third-order valence-electron chi connectivity index (χ3n) is 5.35. The highest BCUT2D eigenvalue weighted by molar-refractivity contribution is 7.10. The van der Waals surface area contributed by atoms with E-state index in [1.807, 2.05) is 13.8 Å². The van der Waals surface area contributed by atoms with Crippen molar-refractivity contribution in [2.75, 3.05) is 11.5 Å². The number of aliphatic hydroxyl groups is 1. The van der Waals surface area contributed by atoms with Gasteiger partial charge in [0.1, 0.15) is 17.6 Å². The number of aliphatic hydroxyl groups excluding tert-OH is 1. The number of amides is 1. The molecule has 0 radical (unpaired) electrons. The second kappa shape index (κ2) is 9.15. The minimum absolute atomic E-state index is 0.0212. The van der Waals surface area contributed by atoms with E-state index >= 15 is 0 Å². The molecule has 1 aromatic heterocycles. The molecule has 0 aliphatic carbocycles. The van der Waals surface area contributed by atoms with Gasteiger partial charge in [0.2, 0.25) is 0 Å². The molecule has 2 aromatic carbocycles. The van der Waals surface area contributed by atoms with Crippen molar-refractivity contribution in [2.24, 2.45) is 0 Å². The molecule has 1 N–H and O–H groups in total. The number of carbonyl (C=O) groups excluding carboxylic acids is 2. The smallest absolute Gasteiger partial charge is 0.300 e. The summed E-state index contributed by atoms with van der Waals surface area (Å²) in [4.78, 5) is 27.7. The molecule has 1 fully saturated rings. The van der Waals surface area contributed by atoms with E-state index in [0.29, 0.717) is 22.8 Å². The molecule has 1 aliphatic heterocycles. The van der Waals surface area contributed by atoms with Gasteiger partial charge in [-0.25, -0.2) is 8.78 Å². The molecular weight excluding hydrogens is 448 g/mol. The molecule has 1 unspecified atom stereocenters. The Kier molecular flexibility index (Phi) is 6.29. The van der Waals surface area contributed by atoms with Crippen molar-refractivity contribution in [1.29, 1.82) is 0 Å². The van der Waals surface area contributed by atoms with E-state index in [1.54, 1.807) is 35.7 Å². The average molecular weight is 470 g/mol. The number of ether oxygens (including phenoxy) is 1. The molecule has 3 aromatic rings. The number of thiophene rings is 1.